The van der Waals surface area contributed by atoms with Crippen molar-refractivity contribution in [2.45, 2.75) is 39.0 Å². The summed E-state index contributed by atoms with van der Waals surface area (Å²) >= 11 is 0. The van der Waals surface area contributed by atoms with Crippen molar-refractivity contribution in [1.29, 1.82) is 0 Å². The lowest BCUT2D eigenvalue weighted by Gasteiger charge is -2.29. The molecular weight excluding hydrogens is 387 g/mol. The number of fused-ring (bicyclic) bond motifs is 1. The molecule has 0 radical (unpaired) electrons. The van der Waals surface area contributed by atoms with Crippen LogP contribution in [0, 0.1) is 5.92 Å². The minimum Gasteiger partial charge on any atom is -0.360 e. The average Bonchev–Trinajstić information content (AvgIpc) is 3.01. The van der Waals surface area contributed by atoms with Crippen LogP contribution in [-0.4, -0.2) is 54.2 Å². The Kier molecular flexibility index (Phi) is 6.36. The molecular formula is C22H27FN4O3. The number of carbonyl (C=O) groups excluding carboxylic acids is 2. The number of halogens is 1. The van der Waals surface area contributed by atoms with Crippen molar-refractivity contribution in [2.24, 2.45) is 5.92 Å². The quantitative estimate of drug-likeness (QED) is 0.773. The molecule has 0 aromatic carbocycles. The number of carbonyl (C=O) groups is 2. The summed E-state index contributed by atoms with van der Waals surface area (Å²) in [5.41, 5.74) is 2.49. The van der Waals surface area contributed by atoms with Crippen LogP contribution >= 0.6 is 0 Å². The second-order valence-electron chi connectivity index (χ2n) is 8.03. The molecule has 0 bridgehead atoms. The van der Waals surface area contributed by atoms with E-state index in [0.29, 0.717) is 11.3 Å². The standard InChI is InChI=1S/C22H27FN4O3/c1-12(2)19(20-13(3)17-9-15(23)6-7-18(17)30-20)26-22(29)25-16-8-14(10-24-11-16)21(28)27(4)5/h6-12,18-20H,1-5H3,(H2,25,26,29)/t18?,19-,20?/m0/s1. The minimum atomic E-state index is -0.432. The van der Waals surface area contributed by atoms with Crippen LogP contribution in [0.3, 0.4) is 0 Å². The number of anilines is 1. The average molecular weight is 414 g/mol. The normalized spacial score (nSPS) is 21.2. The zero-order valence-corrected chi connectivity index (χ0v) is 17.8. The van der Waals surface area contributed by atoms with Crippen LogP contribution in [0.2, 0.25) is 0 Å². The highest BCUT2D eigenvalue weighted by Gasteiger charge is 2.38. The number of allylic oxidation sites excluding steroid dienone is 2. The summed E-state index contributed by atoms with van der Waals surface area (Å²) in [6, 6.07) is 0.817. The molecule has 30 heavy (non-hydrogen) atoms. The number of urea groups is 1. The van der Waals surface area contributed by atoms with Crippen LogP contribution in [0.5, 0.6) is 0 Å². The number of nitrogens with zero attached hydrogens (tertiary/aromatic N) is 2. The monoisotopic (exact) mass is 414 g/mol. The van der Waals surface area contributed by atoms with Crippen molar-refractivity contribution >= 4 is 17.6 Å². The smallest absolute Gasteiger partial charge is 0.319 e. The zero-order chi connectivity index (χ0) is 22.0. The Hall–Kier alpha value is -3.00. The summed E-state index contributed by atoms with van der Waals surface area (Å²) in [5.74, 6) is -0.450. The van der Waals surface area contributed by atoms with Crippen LogP contribution in [-0.2, 0) is 4.74 Å². The SMILES string of the molecule is CC1=C2C=C(F)C=CC2OC1[C@@H](NC(=O)Nc1cncc(C(=O)N(C)C)c1)C(C)C. The van der Waals surface area contributed by atoms with Gasteiger partial charge in [-0.25, -0.2) is 9.18 Å². The van der Waals surface area contributed by atoms with Crippen LogP contribution in [0.15, 0.2) is 53.7 Å². The van der Waals surface area contributed by atoms with Gasteiger partial charge in [0.25, 0.3) is 5.91 Å². The van der Waals surface area contributed by atoms with Gasteiger partial charge in [-0.2, -0.15) is 0 Å². The Morgan fingerprint density at radius 3 is 2.67 bits per heavy atom. The molecule has 1 aliphatic heterocycles. The fraction of sp³-hybridized carbons (Fsp3) is 0.409. The van der Waals surface area contributed by atoms with E-state index in [4.69, 9.17) is 4.74 Å². The van der Waals surface area contributed by atoms with Crippen molar-refractivity contribution in [3.05, 3.63) is 59.2 Å². The first kappa shape index (κ1) is 21.7. The van der Waals surface area contributed by atoms with Gasteiger partial charge in [0, 0.05) is 20.3 Å². The van der Waals surface area contributed by atoms with Gasteiger partial charge in [0.15, 0.2) is 0 Å². The molecule has 3 amide bonds. The van der Waals surface area contributed by atoms with E-state index < -0.39 is 6.03 Å². The Labute approximate surface area is 175 Å². The minimum absolute atomic E-state index is 0.0639. The Balaban J connectivity index is 1.72. The summed E-state index contributed by atoms with van der Waals surface area (Å²) in [4.78, 5) is 30.2. The largest absolute Gasteiger partial charge is 0.360 e. The predicted octanol–water partition coefficient (Wildman–Crippen LogP) is 3.44. The summed E-state index contributed by atoms with van der Waals surface area (Å²) in [6.45, 7) is 5.87. The van der Waals surface area contributed by atoms with E-state index in [0.717, 1.165) is 11.1 Å². The van der Waals surface area contributed by atoms with Crippen molar-refractivity contribution in [2.75, 3.05) is 19.4 Å². The molecule has 1 aromatic heterocycles. The summed E-state index contributed by atoms with van der Waals surface area (Å²) in [6.07, 6.45) is 6.81. The van der Waals surface area contributed by atoms with Gasteiger partial charge in [-0.15, -0.1) is 0 Å². The number of aromatic nitrogens is 1. The molecule has 0 spiro atoms. The summed E-state index contributed by atoms with van der Waals surface area (Å²) in [7, 11) is 3.30. The van der Waals surface area contributed by atoms with Crippen LogP contribution in [0.4, 0.5) is 14.9 Å². The number of amides is 3. The molecule has 0 fully saturated rings. The first-order valence-corrected chi connectivity index (χ1v) is 9.83. The number of hydrogen-bond donors (Lipinski definition) is 2. The number of rotatable bonds is 5. The maximum atomic E-state index is 13.6. The van der Waals surface area contributed by atoms with E-state index >= 15 is 0 Å². The van der Waals surface area contributed by atoms with Gasteiger partial charge in [-0.3, -0.25) is 9.78 Å². The van der Waals surface area contributed by atoms with Crippen molar-refractivity contribution < 1.29 is 18.7 Å². The van der Waals surface area contributed by atoms with Gasteiger partial charge in [0.1, 0.15) is 18.0 Å². The maximum absolute atomic E-state index is 13.6. The lowest BCUT2D eigenvalue weighted by Crippen LogP contribution is -2.49. The Morgan fingerprint density at radius 1 is 1.27 bits per heavy atom. The molecule has 7 nitrogen and oxygen atoms in total. The second kappa shape index (κ2) is 8.79. The number of nitrogens with one attached hydrogen (secondary N) is 2. The fourth-order valence-electron chi connectivity index (χ4n) is 3.59. The van der Waals surface area contributed by atoms with E-state index in [1.165, 1.54) is 29.4 Å². The van der Waals surface area contributed by atoms with E-state index in [9.17, 15) is 14.0 Å². The van der Waals surface area contributed by atoms with E-state index in [-0.39, 0.29) is 35.9 Å². The summed E-state index contributed by atoms with van der Waals surface area (Å²) < 4.78 is 19.7. The van der Waals surface area contributed by atoms with Gasteiger partial charge in [-0.1, -0.05) is 13.8 Å². The molecule has 1 aliphatic carbocycles. The Morgan fingerprint density at radius 2 is 2.00 bits per heavy atom. The fourth-order valence-corrected chi connectivity index (χ4v) is 3.59. The van der Waals surface area contributed by atoms with Crippen LogP contribution in [0.25, 0.3) is 0 Å². The first-order chi connectivity index (χ1) is 14.2. The van der Waals surface area contributed by atoms with Crippen molar-refractivity contribution in [1.82, 2.24) is 15.2 Å². The Bertz CT molecular complexity index is 936. The molecule has 3 rings (SSSR count). The molecule has 2 heterocycles. The number of ether oxygens (including phenoxy) is 1. The first-order valence-electron chi connectivity index (χ1n) is 9.83. The highest BCUT2D eigenvalue weighted by atomic mass is 19.1. The van der Waals surface area contributed by atoms with E-state index in [2.05, 4.69) is 15.6 Å². The maximum Gasteiger partial charge on any atom is 0.319 e. The topological polar surface area (TPSA) is 83.6 Å². The third-order valence-electron chi connectivity index (χ3n) is 5.20. The third kappa shape index (κ3) is 4.59. The van der Waals surface area contributed by atoms with Gasteiger partial charge in [0.05, 0.1) is 23.5 Å². The molecule has 0 saturated carbocycles. The van der Waals surface area contributed by atoms with Gasteiger partial charge < -0.3 is 20.3 Å². The third-order valence-corrected chi connectivity index (χ3v) is 5.20. The van der Waals surface area contributed by atoms with Gasteiger partial charge in [0.2, 0.25) is 0 Å². The molecule has 3 atom stereocenters. The number of hydrogen-bond acceptors (Lipinski definition) is 4. The molecule has 160 valence electrons. The molecule has 8 heteroatoms. The van der Waals surface area contributed by atoms with Crippen molar-refractivity contribution in [3.63, 3.8) is 0 Å². The molecule has 1 aromatic rings. The molecule has 2 unspecified atom stereocenters. The lowest BCUT2D eigenvalue weighted by atomic mass is 9.91. The second-order valence-corrected chi connectivity index (χ2v) is 8.03. The summed E-state index contributed by atoms with van der Waals surface area (Å²) in [5, 5.41) is 5.69. The highest BCUT2D eigenvalue weighted by Crippen LogP contribution is 2.35. The van der Waals surface area contributed by atoms with Crippen LogP contribution in [0.1, 0.15) is 31.1 Å². The molecule has 2 N–H and O–H groups in total. The zero-order valence-electron chi connectivity index (χ0n) is 17.8. The van der Waals surface area contributed by atoms with E-state index in [1.807, 2.05) is 20.8 Å². The molecule has 0 saturated heterocycles. The van der Waals surface area contributed by atoms with Crippen molar-refractivity contribution in [3.8, 4) is 0 Å². The van der Waals surface area contributed by atoms with Gasteiger partial charge >= 0.3 is 6.03 Å². The van der Waals surface area contributed by atoms with E-state index in [1.54, 1.807) is 26.2 Å². The highest BCUT2D eigenvalue weighted by molar-refractivity contribution is 5.96. The number of pyridine rings is 1. The van der Waals surface area contributed by atoms with Gasteiger partial charge in [-0.05, 0) is 48.3 Å². The predicted molar refractivity (Wildman–Crippen MR) is 113 cm³/mol. The van der Waals surface area contributed by atoms with Crippen LogP contribution < -0.4 is 10.6 Å². The lowest BCUT2D eigenvalue weighted by molar-refractivity contribution is 0.0444. The molecule has 2 aliphatic rings.